The predicted molar refractivity (Wildman–Crippen MR) is 147 cm³/mol. The Morgan fingerprint density at radius 2 is 1.62 bits per heavy atom. The molecular formula is C26H28N8O5S. The van der Waals surface area contributed by atoms with Crippen molar-refractivity contribution in [3.8, 4) is 28.6 Å². The molecule has 0 aliphatic heterocycles. The van der Waals surface area contributed by atoms with E-state index < -0.39 is 21.4 Å². The van der Waals surface area contributed by atoms with Crippen LogP contribution in [0.25, 0.3) is 22.6 Å². The van der Waals surface area contributed by atoms with Gasteiger partial charge in [0.1, 0.15) is 28.5 Å². The number of nitrogens with one attached hydrogen (secondary N) is 1. The minimum atomic E-state index is -4.13. The molecule has 40 heavy (non-hydrogen) atoms. The van der Waals surface area contributed by atoms with E-state index in [1.807, 2.05) is 25.1 Å². The summed E-state index contributed by atoms with van der Waals surface area (Å²) >= 11 is 0. The molecule has 0 amide bonds. The lowest BCUT2D eigenvalue weighted by Gasteiger charge is -2.23. The highest BCUT2D eigenvalue weighted by Gasteiger charge is 2.35. The Morgan fingerprint density at radius 1 is 0.925 bits per heavy atom. The lowest BCUT2D eigenvalue weighted by molar-refractivity contribution is 0.0949. The van der Waals surface area contributed by atoms with Crippen molar-refractivity contribution in [2.45, 2.75) is 25.2 Å². The third-order valence-electron chi connectivity index (χ3n) is 6.41. The zero-order chi connectivity index (χ0) is 28.4. The smallest absolute Gasteiger partial charge is 0.243 e. The molecule has 0 unspecified atom stereocenters. The Hall–Kier alpha value is -4.56. The molecule has 0 aliphatic rings. The maximum Gasteiger partial charge on any atom is 0.243 e. The van der Waals surface area contributed by atoms with Crippen molar-refractivity contribution >= 4 is 21.5 Å². The summed E-state index contributed by atoms with van der Waals surface area (Å²) in [7, 11) is 0.293. The van der Waals surface area contributed by atoms with Crippen LogP contribution in [-0.2, 0) is 14.8 Å². The van der Waals surface area contributed by atoms with Crippen LogP contribution in [0.15, 0.2) is 61.2 Å². The standard InChI is InChI=1S/C26H28N8O5S/c1-16-13-27-24(28-14-16)23(39-5)17(2)40(35,36)32-26-31-30-25(18-15-29-33-12-7-6-9-19(18)33)34(26)22-20(37-3)10-8-11-21(22)38-4/h6-15,17,23H,1-5H3,(H,31,32)/t17-,23-/m0/s1. The molecular weight excluding hydrogens is 536 g/mol. The molecule has 0 radical (unpaired) electrons. The quantitative estimate of drug-likeness (QED) is 0.268. The molecule has 0 aliphatic carbocycles. The molecule has 14 heteroatoms. The molecule has 0 fully saturated rings. The van der Waals surface area contributed by atoms with Crippen molar-refractivity contribution < 1.29 is 22.6 Å². The molecule has 5 aromatic rings. The van der Waals surface area contributed by atoms with Crippen molar-refractivity contribution in [1.82, 2.24) is 34.3 Å². The molecule has 4 aromatic heterocycles. The van der Waals surface area contributed by atoms with E-state index in [-0.39, 0.29) is 11.8 Å². The Balaban J connectivity index is 1.65. The number of aryl methyl sites for hydroxylation is 1. The lowest BCUT2D eigenvalue weighted by atomic mass is 10.2. The van der Waals surface area contributed by atoms with Gasteiger partial charge in [0.15, 0.2) is 11.6 Å². The Kier molecular flexibility index (Phi) is 7.36. The second-order valence-electron chi connectivity index (χ2n) is 8.91. The number of fused-ring (bicyclic) bond motifs is 1. The summed E-state index contributed by atoms with van der Waals surface area (Å²) in [6, 6.07) is 10.8. The molecule has 5 rings (SSSR count). The van der Waals surface area contributed by atoms with Crippen molar-refractivity contribution in [1.29, 1.82) is 0 Å². The van der Waals surface area contributed by atoms with Crippen LogP contribution < -0.4 is 14.2 Å². The van der Waals surface area contributed by atoms with Gasteiger partial charge >= 0.3 is 0 Å². The molecule has 13 nitrogen and oxygen atoms in total. The third-order valence-corrected chi connectivity index (χ3v) is 8.11. The topological polar surface area (TPSA) is 148 Å². The van der Waals surface area contributed by atoms with Crippen molar-refractivity contribution in [2.24, 2.45) is 0 Å². The van der Waals surface area contributed by atoms with Crippen LogP contribution >= 0.6 is 0 Å². The van der Waals surface area contributed by atoms with Gasteiger partial charge in [-0.15, -0.1) is 10.2 Å². The first-order chi connectivity index (χ1) is 19.3. The van der Waals surface area contributed by atoms with Gasteiger partial charge in [-0.2, -0.15) is 5.10 Å². The van der Waals surface area contributed by atoms with E-state index in [4.69, 9.17) is 14.2 Å². The molecule has 4 heterocycles. The number of pyridine rings is 1. The van der Waals surface area contributed by atoms with E-state index in [9.17, 15) is 8.42 Å². The Morgan fingerprint density at radius 3 is 2.27 bits per heavy atom. The number of methoxy groups -OCH3 is 3. The van der Waals surface area contributed by atoms with Crippen molar-refractivity contribution in [2.75, 3.05) is 26.1 Å². The molecule has 0 bridgehead atoms. The van der Waals surface area contributed by atoms with E-state index in [1.54, 1.807) is 47.5 Å². The minimum absolute atomic E-state index is 0.0837. The van der Waals surface area contributed by atoms with Gasteiger partial charge in [-0.3, -0.25) is 9.29 Å². The van der Waals surface area contributed by atoms with Crippen LogP contribution in [0.5, 0.6) is 11.5 Å². The molecule has 208 valence electrons. The SMILES string of the molecule is COc1cccc(OC)c1-n1c(NS(=O)(=O)[C@@H](C)[C@H](OC)c2ncc(C)cn2)nnc1-c1cnn2ccccc12. The first kappa shape index (κ1) is 27.0. The largest absolute Gasteiger partial charge is 0.494 e. The fourth-order valence-electron chi connectivity index (χ4n) is 4.33. The number of ether oxygens (including phenoxy) is 3. The van der Waals surface area contributed by atoms with Gasteiger partial charge in [-0.1, -0.05) is 12.1 Å². The average Bonchev–Trinajstić information content (AvgIpc) is 3.57. The first-order valence-electron chi connectivity index (χ1n) is 12.2. The first-order valence-corrected chi connectivity index (χ1v) is 13.8. The molecule has 1 aromatic carbocycles. The predicted octanol–water partition coefficient (Wildman–Crippen LogP) is 3.22. The average molecular weight is 565 g/mol. The summed E-state index contributed by atoms with van der Waals surface area (Å²) in [6.45, 7) is 3.35. The highest BCUT2D eigenvalue weighted by molar-refractivity contribution is 7.93. The van der Waals surface area contributed by atoms with Crippen LogP contribution in [0.4, 0.5) is 5.95 Å². The fraction of sp³-hybridized carbons (Fsp3) is 0.269. The highest BCUT2D eigenvalue weighted by atomic mass is 32.2. The maximum atomic E-state index is 13.7. The van der Waals surface area contributed by atoms with Gasteiger partial charge in [0.25, 0.3) is 0 Å². The van der Waals surface area contributed by atoms with Gasteiger partial charge < -0.3 is 14.2 Å². The summed E-state index contributed by atoms with van der Waals surface area (Å²) in [4.78, 5) is 8.53. The molecule has 2 atom stereocenters. The fourth-order valence-corrected chi connectivity index (χ4v) is 5.47. The maximum absolute atomic E-state index is 13.7. The Labute approximate surface area is 230 Å². The van der Waals surface area contributed by atoms with E-state index in [0.29, 0.717) is 28.6 Å². The Bertz CT molecular complexity index is 1730. The molecule has 0 saturated heterocycles. The third kappa shape index (κ3) is 4.82. The summed E-state index contributed by atoms with van der Waals surface area (Å²) < 4.78 is 50.1. The number of rotatable bonds is 10. The monoisotopic (exact) mass is 564 g/mol. The second kappa shape index (κ2) is 10.9. The number of benzene rings is 1. The van der Waals surface area contributed by atoms with E-state index in [2.05, 4.69) is 30.0 Å². The van der Waals surface area contributed by atoms with Crippen LogP contribution in [0, 0.1) is 6.92 Å². The van der Waals surface area contributed by atoms with Gasteiger partial charge in [-0.25, -0.2) is 22.9 Å². The van der Waals surface area contributed by atoms with Crippen LogP contribution in [0.3, 0.4) is 0 Å². The molecule has 0 spiro atoms. The van der Waals surface area contributed by atoms with Crippen LogP contribution in [0.2, 0.25) is 0 Å². The van der Waals surface area contributed by atoms with Crippen molar-refractivity contribution in [3.05, 3.63) is 72.6 Å². The number of sulfonamides is 1. The zero-order valence-corrected chi connectivity index (χ0v) is 23.3. The van der Waals surface area contributed by atoms with Crippen LogP contribution in [-0.4, -0.2) is 69.3 Å². The zero-order valence-electron chi connectivity index (χ0n) is 22.5. The van der Waals surface area contributed by atoms with E-state index in [1.165, 1.54) is 32.8 Å². The number of hydrogen-bond donors (Lipinski definition) is 1. The molecule has 1 N–H and O–H groups in total. The van der Waals surface area contributed by atoms with E-state index in [0.717, 1.165) is 11.1 Å². The lowest BCUT2D eigenvalue weighted by Crippen LogP contribution is -2.33. The van der Waals surface area contributed by atoms with Gasteiger partial charge in [0, 0.05) is 25.7 Å². The normalized spacial score (nSPS) is 13.2. The summed E-state index contributed by atoms with van der Waals surface area (Å²) in [5, 5.41) is 11.9. The summed E-state index contributed by atoms with van der Waals surface area (Å²) in [6.07, 6.45) is 5.69. The number of aromatic nitrogens is 7. The minimum Gasteiger partial charge on any atom is -0.494 e. The van der Waals surface area contributed by atoms with Gasteiger partial charge in [0.05, 0.1) is 31.5 Å². The summed E-state index contributed by atoms with van der Waals surface area (Å²) in [5.74, 6) is 1.30. The highest BCUT2D eigenvalue weighted by Crippen LogP contribution is 2.39. The van der Waals surface area contributed by atoms with Gasteiger partial charge in [0.2, 0.25) is 16.0 Å². The second-order valence-corrected chi connectivity index (χ2v) is 10.9. The summed E-state index contributed by atoms with van der Waals surface area (Å²) in [5.41, 5.74) is 2.59. The number of anilines is 1. The van der Waals surface area contributed by atoms with Crippen LogP contribution in [0.1, 0.15) is 24.4 Å². The number of hydrogen-bond acceptors (Lipinski definition) is 10. The number of nitrogens with zero attached hydrogens (tertiary/aromatic N) is 7. The van der Waals surface area contributed by atoms with Crippen molar-refractivity contribution in [3.63, 3.8) is 0 Å². The van der Waals surface area contributed by atoms with E-state index >= 15 is 0 Å². The number of para-hydroxylation sites is 1. The molecule has 0 saturated carbocycles. The van der Waals surface area contributed by atoms with Gasteiger partial charge in [-0.05, 0) is 43.7 Å².